The second-order valence-electron chi connectivity index (χ2n) is 6.22. The average molecular weight is 305 g/mol. The maximum absolute atomic E-state index is 12.5. The van der Waals surface area contributed by atoms with E-state index in [9.17, 15) is 4.79 Å². The van der Waals surface area contributed by atoms with Crippen LogP contribution in [0.3, 0.4) is 0 Å². The lowest BCUT2D eigenvalue weighted by molar-refractivity contribution is -0.138. The van der Waals surface area contributed by atoms with E-state index in [1.807, 2.05) is 32.0 Å². The van der Waals surface area contributed by atoms with Crippen LogP contribution in [0, 0.1) is 12.8 Å². The minimum Gasteiger partial charge on any atom is -0.493 e. The summed E-state index contributed by atoms with van der Waals surface area (Å²) in [4.78, 5) is 12.5. The van der Waals surface area contributed by atoms with Gasteiger partial charge in [0.2, 0.25) is 0 Å². The fraction of sp³-hybridized carbons (Fsp3) is 0.611. The molecule has 22 heavy (non-hydrogen) atoms. The summed E-state index contributed by atoms with van der Waals surface area (Å²) in [6.07, 6.45) is 4.28. The van der Waals surface area contributed by atoms with Gasteiger partial charge in [-0.2, -0.15) is 0 Å². The van der Waals surface area contributed by atoms with Gasteiger partial charge in [0.15, 0.2) is 0 Å². The zero-order valence-electron chi connectivity index (χ0n) is 14.1. The number of hydrogen-bond acceptors (Lipinski definition) is 3. The van der Waals surface area contributed by atoms with Crippen LogP contribution < -0.4 is 10.1 Å². The van der Waals surface area contributed by atoms with Gasteiger partial charge in [-0.15, -0.1) is 0 Å². The first kappa shape index (κ1) is 16.8. The number of aryl methyl sites for hydroxylation is 1. The van der Waals surface area contributed by atoms with Crippen LogP contribution >= 0.6 is 0 Å². The van der Waals surface area contributed by atoms with Crippen molar-refractivity contribution < 1.29 is 14.3 Å². The first-order valence-electron chi connectivity index (χ1n) is 8.11. The normalized spacial score (nSPS) is 16.9. The van der Waals surface area contributed by atoms with Crippen LogP contribution in [0.4, 0.5) is 5.69 Å². The lowest BCUT2D eigenvalue weighted by atomic mass is 9.99. The number of amides is 1. The highest BCUT2D eigenvalue weighted by atomic mass is 16.5. The number of methoxy groups -OCH3 is 1. The van der Waals surface area contributed by atoms with E-state index in [0.29, 0.717) is 5.92 Å². The predicted octanol–water partition coefficient (Wildman–Crippen LogP) is 3.93. The van der Waals surface area contributed by atoms with Gasteiger partial charge >= 0.3 is 0 Å². The van der Waals surface area contributed by atoms with E-state index in [4.69, 9.17) is 9.47 Å². The Morgan fingerprint density at radius 1 is 1.41 bits per heavy atom. The standard InChI is InChI=1S/C18H27NO3/c1-5-6-11-22-16-10-9-15(12-13(16)2)19-17(20)18(3,21-4)14-7-8-14/h9-10,12,14H,5-8,11H2,1-4H3,(H,19,20)/t18-/m0/s1. The molecule has 4 nitrogen and oxygen atoms in total. The SMILES string of the molecule is CCCCOc1ccc(NC(=O)[C@@](C)(OC)C2CC2)cc1C. The summed E-state index contributed by atoms with van der Waals surface area (Å²) in [6.45, 7) is 6.73. The number of nitrogens with one attached hydrogen (secondary N) is 1. The van der Waals surface area contributed by atoms with Gasteiger partial charge in [-0.1, -0.05) is 13.3 Å². The van der Waals surface area contributed by atoms with Crippen molar-refractivity contribution in [3.63, 3.8) is 0 Å². The number of anilines is 1. The molecule has 2 rings (SSSR count). The molecule has 0 bridgehead atoms. The Kier molecular flexibility index (Phi) is 5.46. The Balaban J connectivity index is 2.01. The Hall–Kier alpha value is -1.55. The molecule has 0 saturated heterocycles. The second kappa shape index (κ2) is 7.14. The quantitative estimate of drug-likeness (QED) is 0.740. The summed E-state index contributed by atoms with van der Waals surface area (Å²) in [5.74, 6) is 1.13. The molecular formula is C18H27NO3. The molecule has 0 spiro atoms. The number of carbonyl (C=O) groups is 1. The Bertz CT molecular complexity index is 525. The van der Waals surface area contributed by atoms with E-state index in [2.05, 4.69) is 12.2 Å². The molecule has 0 heterocycles. The minimum absolute atomic E-state index is 0.0726. The van der Waals surface area contributed by atoms with Crippen LogP contribution in [0.5, 0.6) is 5.75 Å². The van der Waals surface area contributed by atoms with Gasteiger partial charge < -0.3 is 14.8 Å². The van der Waals surface area contributed by atoms with E-state index in [1.54, 1.807) is 7.11 Å². The first-order valence-corrected chi connectivity index (χ1v) is 8.11. The van der Waals surface area contributed by atoms with Gasteiger partial charge in [-0.3, -0.25) is 4.79 Å². The zero-order valence-corrected chi connectivity index (χ0v) is 14.1. The van der Waals surface area contributed by atoms with Crippen LogP contribution in [-0.4, -0.2) is 25.2 Å². The molecule has 0 unspecified atom stereocenters. The molecule has 122 valence electrons. The molecule has 0 aliphatic heterocycles. The van der Waals surface area contributed by atoms with Crippen molar-refractivity contribution in [1.29, 1.82) is 0 Å². The molecule has 1 aliphatic carbocycles. The summed E-state index contributed by atoms with van der Waals surface area (Å²) in [5.41, 5.74) is 1.08. The molecule has 1 fully saturated rings. The molecule has 1 aromatic rings. The van der Waals surface area contributed by atoms with Gasteiger partial charge in [-0.05, 0) is 62.8 Å². The second-order valence-corrected chi connectivity index (χ2v) is 6.22. The molecule has 1 N–H and O–H groups in total. The maximum Gasteiger partial charge on any atom is 0.256 e. The molecular weight excluding hydrogens is 278 g/mol. The number of carbonyl (C=O) groups excluding carboxylic acids is 1. The van der Waals surface area contributed by atoms with Crippen molar-refractivity contribution >= 4 is 11.6 Å². The number of unbranched alkanes of at least 4 members (excludes halogenated alkanes) is 1. The van der Waals surface area contributed by atoms with Crippen molar-refractivity contribution in [2.24, 2.45) is 5.92 Å². The fourth-order valence-electron chi connectivity index (χ4n) is 2.55. The molecule has 1 amide bonds. The molecule has 1 saturated carbocycles. The highest BCUT2D eigenvalue weighted by molar-refractivity contribution is 5.97. The third-order valence-corrected chi connectivity index (χ3v) is 4.42. The minimum atomic E-state index is -0.732. The summed E-state index contributed by atoms with van der Waals surface area (Å²) in [7, 11) is 1.60. The van der Waals surface area contributed by atoms with Crippen LogP contribution in [-0.2, 0) is 9.53 Å². The monoisotopic (exact) mass is 305 g/mol. The summed E-state index contributed by atoms with van der Waals surface area (Å²) >= 11 is 0. The number of rotatable bonds is 8. The van der Waals surface area contributed by atoms with Crippen LogP contribution in [0.15, 0.2) is 18.2 Å². The van der Waals surface area contributed by atoms with Gasteiger partial charge in [-0.25, -0.2) is 0 Å². The molecule has 1 aliphatic rings. The molecule has 0 radical (unpaired) electrons. The highest BCUT2D eigenvalue weighted by Crippen LogP contribution is 2.42. The van der Waals surface area contributed by atoms with Gasteiger partial charge in [0.05, 0.1) is 6.61 Å². The summed E-state index contributed by atoms with van der Waals surface area (Å²) in [5, 5.41) is 2.97. The van der Waals surface area contributed by atoms with Crippen molar-refractivity contribution in [2.75, 3.05) is 19.0 Å². The number of hydrogen-bond donors (Lipinski definition) is 1. The van der Waals surface area contributed by atoms with Crippen LogP contribution in [0.2, 0.25) is 0 Å². The molecule has 1 aromatic carbocycles. The average Bonchev–Trinajstić information content (AvgIpc) is 3.34. The molecule has 1 atom stereocenters. The number of benzene rings is 1. The lowest BCUT2D eigenvalue weighted by Crippen LogP contribution is -2.44. The highest BCUT2D eigenvalue weighted by Gasteiger charge is 2.47. The van der Waals surface area contributed by atoms with Crippen molar-refractivity contribution in [3.05, 3.63) is 23.8 Å². The molecule has 4 heteroatoms. The smallest absolute Gasteiger partial charge is 0.256 e. The first-order chi connectivity index (χ1) is 10.5. The Labute approximate surface area is 133 Å². The zero-order chi connectivity index (χ0) is 16.2. The van der Waals surface area contributed by atoms with Crippen molar-refractivity contribution in [1.82, 2.24) is 0 Å². The van der Waals surface area contributed by atoms with E-state index in [1.165, 1.54) is 0 Å². The predicted molar refractivity (Wildman–Crippen MR) is 88.3 cm³/mol. The Morgan fingerprint density at radius 2 is 2.14 bits per heavy atom. The third kappa shape index (κ3) is 3.80. The van der Waals surface area contributed by atoms with E-state index in [-0.39, 0.29) is 5.91 Å². The van der Waals surface area contributed by atoms with Gasteiger partial charge in [0, 0.05) is 12.8 Å². The summed E-state index contributed by atoms with van der Waals surface area (Å²) < 4.78 is 11.2. The van der Waals surface area contributed by atoms with Gasteiger partial charge in [0.1, 0.15) is 11.4 Å². The van der Waals surface area contributed by atoms with Gasteiger partial charge in [0.25, 0.3) is 5.91 Å². The van der Waals surface area contributed by atoms with Crippen LogP contribution in [0.1, 0.15) is 45.1 Å². The van der Waals surface area contributed by atoms with E-state index < -0.39 is 5.60 Å². The van der Waals surface area contributed by atoms with Crippen molar-refractivity contribution in [2.45, 2.75) is 52.1 Å². The Morgan fingerprint density at radius 3 is 2.68 bits per heavy atom. The topological polar surface area (TPSA) is 47.6 Å². The fourth-order valence-corrected chi connectivity index (χ4v) is 2.55. The largest absolute Gasteiger partial charge is 0.493 e. The third-order valence-electron chi connectivity index (χ3n) is 4.42. The van der Waals surface area contributed by atoms with Crippen molar-refractivity contribution in [3.8, 4) is 5.75 Å². The van der Waals surface area contributed by atoms with E-state index in [0.717, 1.165) is 49.3 Å². The van der Waals surface area contributed by atoms with E-state index >= 15 is 0 Å². The van der Waals surface area contributed by atoms with Crippen LogP contribution in [0.25, 0.3) is 0 Å². The number of ether oxygens (including phenoxy) is 2. The summed E-state index contributed by atoms with van der Waals surface area (Å²) in [6, 6.07) is 5.75. The lowest BCUT2D eigenvalue weighted by Gasteiger charge is -2.26. The maximum atomic E-state index is 12.5. The molecule has 0 aromatic heterocycles.